The quantitative estimate of drug-likeness (QED) is 0.353. The number of hydrogen-bond acceptors (Lipinski definition) is 4. The molecule has 0 bridgehead atoms. The van der Waals surface area contributed by atoms with Crippen LogP contribution in [0.4, 0.5) is 13.2 Å². The fraction of sp³-hybridized carbons (Fsp3) is 0.231. The summed E-state index contributed by atoms with van der Waals surface area (Å²) >= 11 is 2.86. The minimum atomic E-state index is -4.71. The number of carbonyl (C=O) groups is 1. The molecule has 4 nitrogen and oxygen atoms in total. The number of halogens is 4. The van der Waals surface area contributed by atoms with E-state index >= 15 is 0 Å². The van der Waals surface area contributed by atoms with Gasteiger partial charge in [-0.3, -0.25) is 4.79 Å². The standard InChI is InChI=1S/C13H8BrF3O4/c1-6(18)20-7-2-3-8-10(4-7)21-12(19)9(5-14)11(8)13(15,16)17/h2-4H,5H2,1H3. The third-order valence-corrected chi connectivity index (χ3v) is 3.21. The number of carbonyl (C=O) groups excluding carboxylic acids is 1. The predicted molar refractivity (Wildman–Crippen MR) is 71.4 cm³/mol. The summed E-state index contributed by atoms with van der Waals surface area (Å²) in [6.45, 7) is 1.15. The van der Waals surface area contributed by atoms with Crippen molar-refractivity contribution in [3.05, 3.63) is 39.7 Å². The van der Waals surface area contributed by atoms with Crippen molar-refractivity contribution in [3.63, 3.8) is 0 Å². The molecule has 8 heteroatoms. The molecule has 0 atom stereocenters. The van der Waals surface area contributed by atoms with Gasteiger partial charge in [-0.15, -0.1) is 0 Å². The first kappa shape index (κ1) is 15.6. The summed E-state index contributed by atoms with van der Waals surface area (Å²) in [6.07, 6.45) is -4.71. The zero-order valence-corrected chi connectivity index (χ0v) is 12.2. The normalized spacial score (nSPS) is 11.7. The van der Waals surface area contributed by atoms with E-state index < -0.39 is 28.9 Å². The molecule has 0 saturated heterocycles. The summed E-state index contributed by atoms with van der Waals surface area (Å²) < 4.78 is 49.1. The number of alkyl halides is 4. The SMILES string of the molecule is CC(=O)Oc1ccc2c(C(F)(F)F)c(CBr)c(=O)oc2c1. The maximum Gasteiger partial charge on any atom is 0.417 e. The lowest BCUT2D eigenvalue weighted by molar-refractivity contribution is -0.137. The highest BCUT2D eigenvalue weighted by Crippen LogP contribution is 2.37. The Kier molecular flexibility index (Phi) is 4.08. The van der Waals surface area contributed by atoms with Crippen molar-refractivity contribution in [1.29, 1.82) is 0 Å². The van der Waals surface area contributed by atoms with Crippen molar-refractivity contribution >= 4 is 32.9 Å². The van der Waals surface area contributed by atoms with Gasteiger partial charge in [-0.25, -0.2) is 4.79 Å². The van der Waals surface area contributed by atoms with Gasteiger partial charge in [-0.1, -0.05) is 15.9 Å². The van der Waals surface area contributed by atoms with Crippen LogP contribution in [0.5, 0.6) is 5.75 Å². The Labute approximate surface area is 124 Å². The van der Waals surface area contributed by atoms with Crippen LogP contribution in [-0.4, -0.2) is 5.97 Å². The molecule has 0 aliphatic heterocycles. The molecule has 0 unspecified atom stereocenters. The Morgan fingerprint density at radius 1 is 1.38 bits per heavy atom. The minimum Gasteiger partial charge on any atom is -0.427 e. The van der Waals surface area contributed by atoms with Gasteiger partial charge in [-0.2, -0.15) is 13.2 Å². The third kappa shape index (κ3) is 3.10. The molecule has 2 rings (SSSR count). The Bertz CT molecular complexity index is 764. The highest BCUT2D eigenvalue weighted by Gasteiger charge is 2.37. The monoisotopic (exact) mass is 364 g/mol. The first-order chi connectivity index (χ1) is 9.74. The van der Waals surface area contributed by atoms with Gasteiger partial charge in [0.05, 0.1) is 11.1 Å². The van der Waals surface area contributed by atoms with Crippen molar-refractivity contribution in [2.75, 3.05) is 0 Å². The molecule has 0 saturated carbocycles. The molecule has 112 valence electrons. The van der Waals surface area contributed by atoms with Crippen LogP contribution in [-0.2, 0) is 16.3 Å². The molecule has 1 heterocycles. The van der Waals surface area contributed by atoms with Gasteiger partial charge in [0.15, 0.2) is 0 Å². The number of rotatable bonds is 2. The number of esters is 1. The molecule has 0 spiro atoms. The minimum absolute atomic E-state index is 0.00198. The number of benzene rings is 1. The third-order valence-electron chi connectivity index (χ3n) is 2.65. The van der Waals surface area contributed by atoms with Crippen LogP contribution in [0.1, 0.15) is 18.1 Å². The molecule has 0 fully saturated rings. The Morgan fingerprint density at radius 2 is 2.05 bits per heavy atom. The fourth-order valence-corrected chi connectivity index (χ4v) is 2.40. The van der Waals surface area contributed by atoms with Crippen LogP contribution < -0.4 is 10.4 Å². The van der Waals surface area contributed by atoms with E-state index in [1.165, 1.54) is 6.07 Å². The van der Waals surface area contributed by atoms with Crippen molar-refractivity contribution in [2.24, 2.45) is 0 Å². The second-order valence-corrected chi connectivity index (χ2v) is 4.69. The topological polar surface area (TPSA) is 56.5 Å². The van der Waals surface area contributed by atoms with Gasteiger partial charge in [-0.05, 0) is 12.1 Å². The van der Waals surface area contributed by atoms with E-state index in [2.05, 4.69) is 15.9 Å². The summed E-state index contributed by atoms with van der Waals surface area (Å²) in [5, 5.41) is -0.557. The van der Waals surface area contributed by atoms with Crippen LogP contribution in [0.3, 0.4) is 0 Å². The highest BCUT2D eigenvalue weighted by molar-refractivity contribution is 9.08. The summed E-state index contributed by atoms with van der Waals surface area (Å²) in [4.78, 5) is 22.5. The van der Waals surface area contributed by atoms with Gasteiger partial charge in [0.1, 0.15) is 11.3 Å². The van der Waals surface area contributed by atoms with Gasteiger partial charge < -0.3 is 9.15 Å². The van der Waals surface area contributed by atoms with Crippen LogP contribution in [0.15, 0.2) is 27.4 Å². The maximum absolute atomic E-state index is 13.2. The smallest absolute Gasteiger partial charge is 0.417 e. The molecular formula is C13H8BrF3O4. The molecule has 0 radical (unpaired) electrons. The van der Waals surface area contributed by atoms with Crippen LogP contribution in [0.2, 0.25) is 0 Å². The Morgan fingerprint density at radius 3 is 2.57 bits per heavy atom. The van der Waals surface area contributed by atoms with E-state index in [1.807, 2.05) is 0 Å². The lowest BCUT2D eigenvalue weighted by atomic mass is 10.0. The molecule has 1 aromatic carbocycles. The van der Waals surface area contributed by atoms with Crippen molar-refractivity contribution in [3.8, 4) is 5.75 Å². The maximum atomic E-state index is 13.2. The molecule has 0 aliphatic rings. The van der Waals surface area contributed by atoms with Gasteiger partial charge in [0.2, 0.25) is 0 Å². The summed E-state index contributed by atoms with van der Waals surface area (Å²) in [5.41, 5.74) is -2.95. The second kappa shape index (κ2) is 5.51. The summed E-state index contributed by atoms with van der Waals surface area (Å²) in [7, 11) is 0. The lowest BCUT2D eigenvalue weighted by Gasteiger charge is -2.13. The van der Waals surface area contributed by atoms with Gasteiger partial charge in [0.25, 0.3) is 0 Å². The van der Waals surface area contributed by atoms with E-state index in [0.29, 0.717) is 0 Å². The first-order valence-corrected chi connectivity index (χ1v) is 6.77. The molecule has 2 aromatic rings. The molecular weight excluding hydrogens is 357 g/mol. The van der Waals surface area contributed by atoms with Crippen molar-refractivity contribution in [2.45, 2.75) is 18.4 Å². The molecule has 21 heavy (non-hydrogen) atoms. The molecule has 0 aliphatic carbocycles. The van der Waals surface area contributed by atoms with Crippen molar-refractivity contribution < 1.29 is 27.1 Å². The summed E-state index contributed by atoms with van der Waals surface area (Å²) in [6, 6.07) is 3.38. The zero-order valence-electron chi connectivity index (χ0n) is 10.6. The molecule has 1 aromatic heterocycles. The van der Waals surface area contributed by atoms with E-state index in [1.54, 1.807) is 0 Å². The average Bonchev–Trinajstić information content (AvgIpc) is 2.34. The first-order valence-electron chi connectivity index (χ1n) is 5.65. The largest absolute Gasteiger partial charge is 0.427 e. The van der Waals surface area contributed by atoms with Gasteiger partial charge in [0, 0.05) is 23.7 Å². The second-order valence-electron chi connectivity index (χ2n) is 4.13. The lowest BCUT2D eigenvalue weighted by Crippen LogP contribution is -2.17. The molecule has 0 amide bonds. The highest BCUT2D eigenvalue weighted by atomic mass is 79.9. The summed E-state index contributed by atoms with van der Waals surface area (Å²) in [5.74, 6) is -0.636. The van der Waals surface area contributed by atoms with E-state index in [0.717, 1.165) is 19.1 Å². The van der Waals surface area contributed by atoms with Crippen LogP contribution in [0, 0.1) is 0 Å². The van der Waals surface area contributed by atoms with Crippen LogP contribution >= 0.6 is 15.9 Å². The van der Waals surface area contributed by atoms with Crippen molar-refractivity contribution in [1.82, 2.24) is 0 Å². The number of hydrogen-bond donors (Lipinski definition) is 0. The Hall–Kier alpha value is -1.83. The fourth-order valence-electron chi connectivity index (χ4n) is 1.89. The average molecular weight is 365 g/mol. The van der Waals surface area contributed by atoms with Gasteiger partial charge >= 0.3 is 17.8 Å². The van der Waals surface area contributed by atoms with E-state index in [-0.39, 0.29) is 22.0 Å². The van der Waals surface area contributed by atoms with E-state index in [4.69, 9.17) is 9.15 Å². The predicted octanol–water partition coefficient (Wildman–Crippen LogP) is 3.63. The number of fused-ring (bicyclic) bond motifs is 1. The zero-order chi connectivity index (χ0) is 15.8. The Balaban J connectivity index is 2.79. The van der Waals surface area contributed by atoms with E-state index in [9.17, 15) is 22.8 Å². The number of ether oxygens (including phenoxy) is 1. The van der Waals surface area contributed by atoms with Crippen LogP contribution in [0.25, 0.3) is 11.0 Å². The molecule has 0 N–H and O–H groups in total.